The highest BCUT2D eigenvalue weighted by Crippen LogP contribution is 2.09. The van der Waals surface area contributed by atoms with Crippen molar-refractivity contribution < 1.29 is 4.39 Å². The lowest BCUT2D eigenvalue weighted by molar-refractivity contribution is 0.626. The van der Waals surface area contributed by atoms with Crippen molar-refractivity contribution in [2.45, 2.75) is 13.3 Å². The van der Waals surface area contributed by atoms with Crippen LogP contribution < -0.4 is 0 Å². The Balaban J connectivity index is 2.18. The molecule has 76 valence electrons. The third kappa shape index (κ3) is 2.62. The number of rotatable bonds is 2. The molecule has 1 nitrogen and oxygen atoms in total. The van der Waals surface area contributed by atoms with E-state index < -0.39 is 0 Å². The Bertz CT molecular complexity index is 448. The molecule has 0 unspecified atom stereocenters. The van der Waals surface area contributed by atoms with E-state index in [-0.39, 0.29) is 5.82 Å². The van der Waals surface area contributed by atoms with Crippen LogP contribution in [-0.2, 0) is 6.42 Å². The van der Waals surface area contributed by atoms with Gasteiger partial charge in [-0.15, -0.1) is 0 Å². The van der Waals surface area contributed by atoms with Crippen molar-refractivity contribution in [3.05, 3.63) is 65.2 Å². The van der Waals surface area contributed by atoms with E-state index in [9.17, 15) is 4.39 Å². The molecule has 1 aromatic heterocycles. The lowest BCUT2D eigenvalue weighted by Crippen LogP contribution is -1.92. The van der Waals surface area contributed by atoms with E-state index in [1.54, 1.807) is 12.1 Å². The van der Waals surface area contributed by atoms with Gasteiger partial charge in [-0.3, -0.25) is 4.98 Å². The van der Waals surface area contributed by atoms with Crippen molar-refractivity contribution >= 4 is 0 Å². The highest BCUT2D eigenvalue weighted by Gasteiger charge is 1.98. The zero-order chi connectivity index (χ0) is 10.7. The second-order valence-corrected chi connectivity index (χ2v) is 3.63. The summed E-state index contributed by atoms with van der Waals surface area (Å²) in [6.45, 7) is 2.00. The smallest absolute Gasteiger partial charge is 0.123 e. The molecule has 1 aromatic carbocycles. The minimum atomic E-state index is -0.195. The number of halogens is 1. The molecule has 0 bridgehead atoms. The summed E-state index contributed by atoms with van der Waals surface area (Å²) in [6.07, 6.45) is 2.51. The first-order valence-electron chi connectivity index (χ1n) is 4.90. The Kier molecular flexibility index (Phi) is 2.77. The number of hydrogen-bond donors (Lipinski definition) is 0. The molecule has 0 spiro atoms. The molecule has 2 heteroatoms. The van der Waals surface area contributed by atoms with Crippen LogP contribution in [0.5, 0.6) is 0 Å². The van der Waals surface area contributed by atoms with Gasteiger partial charge < -0.3 is 0 Å². The topological polar surface area (TPSA) is 12.9 Å². The molecule has 0 aliphatic carbocycles. The highest BCUT2D eigenvalue weighted by atomic mass is 19.1. The molecule has 0 radical (unpaired) electrons. The summed E-state index contributed by atoms with van der Waals surface area (Å²) >= 11 is 0. The zero-order valence-electron chi connectivity index (χ0n) is 8.57. The van der Waals surface area contributed by atoms with Gasteiger partial charge in [0.1, 0.15) is 5.82 Å². The van der Waals surface area contributed by atoms with Gasteiger partial charge in [0.05, 0.1) is 0 Å². The molecule has 0 N–H and O–H groups in total. The average Bonchev–Trinajstić information content (AvgIpc) is 2.22. The van der Waals surface area contributed by atoms with Crippen LogP contribution in [-0.4, -0.2) is 4.98 Å². The van der Waals surface area contributed by atoms with Crippen LogP contribution in [0, 0.1) is 12.7 Å². The third-order valence-corrected chi connectivity index (χ3v) is 2.25. The van der Waals surface area contributed by atoms with E-state index in [1.165, 1.54) is 6.07 Å². The van der Waals surface area contributed by atoms with Crippen molar-refractivity contribution in [1.29, 1.82) is 0 Å². The number of nitrogens with zero attached hydrogens (tertiary/aromatic N) is 1. The van der Waals surface area contributed by atoms with Crippen molar-refractivity contribution in [1.82, 2.24) is 4.98 Å². The molecule has 2 rings (SSSR count). The first-order chi connectivity index (χ1) is 7.24. The van der Waals surface area contributed by atoms with Crippen LogP contribution in [0.2, 0.25) is 0 Å². The van der Waals surface area contributed by atoms with Gasteiger partial charge in [-0.05, 0) is 36.2 Å². The lowest BCUT2D eigenvalue weighted by Gasteiger charge is -2.01. The molecule has 0 amide bonds. The van der Waals surface area contributed by atoms with Gasteiger partial charge in [-0.1, -0.05) is 18.2 Å². The molecule has 0 saturated heterocycles. The quantitative estimate of drug-likeness (QED) is 0.727. The SMILES string of the molecule is Cc1ccc(Cc2cccc(F)c2)nc1. The number of aromatic nitrogens is 1. The summed E-state index contributed by atoms with van der Waals surface area (Å²) in [5.41, 5.74) is 3.05. The summed E-state index contributed by atoms with van der Waals surface area (Å²) in [4.78, 5) is 4.28. The van der Waals surface area contributed by atoms with E-state index in [2.05, 4.69) is 4.98 Å². The van der Waals surface area contributed by atoms with Crippen LogP contribution in [0.15, 0.2) is 42.6 Å². The molecular formula is C13H12FN. The van der Waals surface area contributed by atoms with Crippen LogP contribution in [0.4, 0.5) is 4.39 Å². The van der Waals surface area contributed by atoms with Gasteiger partial charge in [-0.2, -0.15) is 0 Å². The Morgan fingerprint density at radius 3 is 2.73 bits per heavy atom. The van der Waals surface area contributed by atoms with Crippen LogP contribution in [0.1, 0.15) is 16.8 Å². The minimum Gasteiger partial charge on any atom is -0.261 e. The van der Waals surface area contributed by atoms with Crippen molar-refractivity contribution in [3.8, 4) is 0 Å². The molecular weight excluding hydrogens is 189 g/mol. The van der Waals surface area contributed by atoms with Gasteiger partial charge in [0.25, 0.3) is 0 Å². The predicted octanol–water partition coefficient (Wildman–Crippen LogP) is 3.12. The molecule has 15 heavy (non-hydrogen) atoms. The zero-order valence-corrected chi connectivity index (χ0v) is 8.57. The Morgan fingerprint density at radius 2 is 2.07 bits per heavy atom. The van der Waals surface area contributed by atoms with Gasteiger partial charge >= 0.3 is 0 Å². The molecule has 0 aliphatic rings. The fourth-order valence-corrected chi connectivity index (χ4v) is 1.46. The summed E-state index contributed by atoms with van der Waals surface area (Å²) < 4.78 is 12.9. The molecule has 0 fully saturated rings. The Hall–Kier alpha value is -1.70. The van der Waals surface area contributed by atoms with E-state index >= 15 is 0 Å². The predicted molar refractivity (Wildman–Crippen MR) is 58.2 cm³/mol. The van der Waals surface area contributed by atoms with Crippen molar-refractivity contribution in [2.24, 2.45) is 0 Å². The number of benzene rings is 1. The fourth-order valence-electron chi connectivity index (χ4n) is 1.46. The van der Waals surface area contributed by atoms with E-state index in [0.29, 0.717) is 6.42 Å². The van der Waals surface area contributed by atoms with E-state index in [4.69, 9.17) is 0 Å². The van der Waals surface area contributed by atoms with Gasteiger partial charge in [-0.25, -0.2) is 4.39 Å². The second kappa shape index (κ2) is 4.22. The number of pyridine rings is 1. The van der Waals surface area contributed by atoms with Gasteiger partial charge in [0, 0.05) is 18.3 Å². The number of aryl methyl sites for hydroxylation is 1. The molecule has 2 aromatic rings. The standard InChI is InChI=1S/C13H12FN/c1-10-5-6-13(15-9-10)8-11-3-2-4-12(14)7-11/h2-7,9H,8H2,1H3. The first-order valence-corrected chi connectivity index (χ1v) is 4.90. The highest BCUT2D eigenvalue weighted by molar-refractivity contribution is 5.23. The molecule has 1 heterocycles. The Morgan fingerprint density at radius 1 is 1.20 bits per heavy atom. The lowest BCUT2D eigenvalue weighted by atomic mass is 10.1. The van der Waals surface area contributed by atoms with Crippen LogP contribution >= 0.6 is 0 Å². The molecule has 0 saturated carbocycles. The summed E-state index contributed by atoms with van der Waals surface area (Å²) in [5.74, 6) is -0.195. The monoisotopic (exact) mass is 201 g/mol. The Labute approximate surface area is 88.6 Å². The van der Waals surface area contributed by atoms with E-state index in [1.807, 2.05) is 31.3 Å². The minimum absolute atomic E-state index is 0.195. The molecule has 0 atom stereocenters. The molecule has 0 aliphatic heterocycles. The maximum Gasteiger partial charge on any atom is 0.123 e. The summed E-state index contributed by atoms with van der Waals surface area (Å²) in [7, 11) is 0. The maximum absolute atomic E-state index is 12.9. The van der Waals surface area contributed by atoms with Gasteiger partial charge in [0.15, 0.2) is 0 Å². The number of hydrogen-bond acceptors (Lipinski definition) is 1. The largest absolute Gasteiger partial charge is 0.261 e. The van der Waals surface area contributed by atoms with Crippen LogP contribution in [0.25, 0.3) is 0 Å². The fraction of sp³-hybridized carbons (Fsp3) is 0.154. The van der Waals surface area contributed by atoms with Crippen molar-refractivity contribution in [2.75, 3.05) is 0 Å². The van der Waals surface area contributed by atoms with E-state index in [0.717, 1.165) is 16.8 Å². The third-order valence-electron chi connectivity index (χ3n) is 2.25. The van der Waals surface area contributed by atoms with Gasteiger partial charge in [0.2, 0.25) is 0 Å². The van der Waals surface area contributed by atoms with Crippen LogP contribution in [0.3, 0.4) is 0 Å². The first kappa shape index (κ1) is 9.84. The normalized spacial score (nSPS) is 10.3. The maximum atomic E-state index is 12.9. The summed E-state index contributed by atoms with van der Waals surface area (Å²) in [5, 5.41) is 0. The van der Waals surface area contributed by atoms with Crippen molar-refractivity contribution in [3.63, 3.8) is 0 Å². The second-order valence-electron chi connectivity index (χ2n) is 3.63. The summed E-state index contributed by atoms with van der Waals surface area (Å²) in [6, 6.07) is 10.6. The average molecular weight is 201 g/mol.